The molecule has 0 fully saturated rings. The summed E-state index contributed by atoms with van der Waals surface area (Å²) in [6.07, 6.45) is 11.4. The smallest absolute Gasteiger partial charge is 0.115 e. The third-order valence-electron chi connectivity index (χ3n) is 1.61. The first-order chi connectivity index (χ1) is 5.83. The van der Waals surface area contributed by atoms with E-state index in [1.54, 1.807) is 0 Å². The van der Waals surface area contributed by atoms with Gasteiger partial charge in [-0.1, -0.05) is 25.2 Å². The van der Waals surface area contributed by atoms with Gasteiger partial charge in [0.2, 0.25) is 0 Å². The Morgan fingerprint density at radius 2 is 2.17 bits per heavy atom. The molecular weight excluding hydrogens is 150 g/mol. The quantitative estimate of drug-likeness (QED) is 0.363. The van der Waals surface area contributed by atoms with Gasteiger partial charge in [-0.2, -0.15) is 0 Å². The fourth-order valence-electron chi connectivity index (χ4n) is 0.923. The fraction of sp³-hybridized carbons (Fsp3) is 0.300. The molecule has 12 heavy (non-hydrogen) atoms. The van der Waals surface area contributed by atoms with Gasteiger partial charge >= 0.3 is 0 Å². The van der Waals surface area contributed by atoms with Gasteiger partial charge < -0.3 is 0 Å². The molecule has 0 aromatic heterocycles. The lowest BCUT2D eigenvalue weighted by Gasteiger charge is -2.03. The maximum absolute atomic E-state index is 5.07. The van der Waals surface area contributed by atoms with Crippen molar-refractivity contribution in [3.05, 3.63) is 42.2 Å². The second-order valence-corrected chi connectivity index (χ2v) is 2.73. The van der Waals surface area contributed by atoms with Crippen LogP contribution in [0.2, 0.25) is 0 Å². The van der Waals surface area contributed by atoms with E-state index in [1.807, 2.05) is 36.5 Å². The molecule has 0 saturated carbocycles. The minimum atomic E-state index is -0.128. The van der Waals surface area contributed by atoms with Gasteiger partial charge in [-0.25, -0.2) is 5.90 Å². The number of rotatable bonds is 1. The third-order valence-corrected chi connectivity index (χ3v) is 1.61. The number of hydrogen-bond acceptors (Lipinski definition) is 2. The fourth-order valence-corrected chi connectivity index (χ4v) is 0.923. The molecule has 2 atom stereocenters. The molecule has 0 aromatic rings. The van der Waals surface area contributed by atoms with Crippen LogP contribution in [0, 0.1) is 5.92 Å². The van der Waals surface area contributed by atoms with Crippen LogP contribution in [0.15, 0.2) is 42.2 Å². The van der Waals surface area contributed by atoms with E-state index in [0.29, 0.717) is 5.92 Å². The van der Waals surface area contributed by atoms with E-state index in [0.717, 1.165) is 0 Å². The van der Waals surface area contributed by atoms with E-state index >= 15 is 0 Å². The summed E-state index contributed by atoms with van der Waals surface area (Å²) >= 11 is 0. The normalized spacial score (nSPS) is 33.5. The van der Waals surface area contributed by atoms with Crippen LogP contribution in [0.5, 0.6) is 0 Å². The van der Waals surface area contributed by atoms with Gasteiger partial charge in [0.25, 0.3) is 0 Å². The lowest BCUT2D eigenvalue weighted by Crippen LogP contribution is -2.11. The number of allylic oxidation sites excluding steroid dienone is 3. The molecule has 1 aliphatic rings. The third kappa shape index (κ3) is 2.89. The highest BCUT2D eigenvalue weighted by Gasteiger charge is 1.98. The molecular formula is C10H13NO. The Hall–Kier alpha value is -1.08. The molecule has 2 nitrogen and oxygen atoms in total. The molecule has 64 valence electrons. The van der Waals surface area contributed by atoms with E-state index in [-0.39, 0.29) is 6.10 Å². The van der Waals surface area contributed by atoms with Crippen molar-refractivity contribution >= 4 is 0 Å². The van der Waals surface area contributed by atoms with Crippen molar-refractivity contribution in [1.29, 1.82) is 0 Å². The van der Waals surface area contributed by atoms with Gasteiger partial charge in [0.1, 0.15) is 6.10 Å². The van der Waals surface area contributed by atoms with Gasteiger partial charge in [-0.15, -0.1) is 5.73 Å². The molecule has 0 bridgehead atoms. The van der Waals surface area contributed by atoms with Crippen molar-refractivity contribution in [2.45, 2.75) is 13.0 Å². The van der Waals surface area contributed by atoms with Crippen LogP contribution in [0.3, 0.4) is 0 Å². The van der Waals surface area contributed by atoms with Crippen molar-refractivity contribution in [2.24, 2.45) is 11.8 Å². The highest BCUT2D eigenvalue weighted by molar-refractivity contribution is 5.14. The van der Waals surface area contributed by atoms with E-state index in [9.17, 15) is 0 Å². The molecule has 0 radical (unpaired) electrons. The second kappa shape index (κ2) is 4.73. The Kier molecular flexibility index (Phi) is 3.55. The summed E-state index contributed by atoms with van der Waals surface area (Å²) in [4.78, 5) is 4.70. The zero-order chi connectivity index (χ0) is 8.81. The molecule has 2 heteroatoms. The summed E-state index contributed by atoms with van der Waals surface area (Å²) in [5.74, 6) is 5.45. The van der Waals surface area contributed by atoms with Crippen molar-refractivity contribution in [1.82, 2.24) is 0 Å². The summed E-state index contributed by atoms with van der Waals surface area (Å²) < 4.78 is 0. The Balaban J connectivity index is 2.76. The molecule has 2 N–H and O–H groups in total. The first kappa shape index (κ1) is 9.01. The zero-order valence-electron chi connectivity index (χ0n) is 7.10. The highest BCUT2D eigenvalue weighted by Crippen LogP contribution is 2.03. The van der Waals surface area contributed by atoms with Crippen molar-refractivity contribution in [3.63, 3.8) is 0 Å². The summed E-state index contributed by atoms with van der Waals surface area (Å²) in [5, 5.41) is 0. The predicted molar refractivity (Wildman–Crippen MR) is 49.2 cm³/mol. The summed E-state index contributed by atoms with van der Waals surface area (Å²) in [6.45, 7) is 2.08. The summed E-state index contributed by atoms with van der Waals surface area (Å²) in [7, 11) is 0. The monoisotopic (exact) mass is 163 g/mol. The summed E-state index contributed by atoms with van der Waals surface area (Å²) in [6, 6.07) is 0. The lowest BCUT2D eigenvalue weighted by molar-refractivity contribution is 0.118. The van der Waals surface area contributed by atoms with Gasteiger partial charge in [0.05, 0.1) is 0 Å². The minimum absolute atomic E-state index is 0.128. The average molecular weight is 163 g/mol. The molecule has 0 spiro atoms. The van der Waals surface area contributed by atoms with Crippen LogP contribution in [0.4, 0.5) is 0 Å². The second-order valence-electron chi connectivity index (χ2n) is 2.73. The molecule has 2 unspecified atom stereocenters. The average Bonchev–Trinajstić information content (AvgIpc) is 2.17. The van der Waals surface area contributed by atoms with Crippen LogP contribution in [-0.4, -0.2) is 6.10 Å². The van der Waals surface area contributed by atoms with Crippen molar-refractivity contribution in [3.8, 4) is 0 Å². The number of nitrogens with two attached hydrogens (primary N) is 1. The van der Waals surface area contributed by atoms with E-state index < -0.39 is 0 Å². The van der Waals surface area contributed by atoms with Crippen LogP contribution in [0.1, 0.15) is 6.92 Å². The van der Waals surface area contributed by atoms with E-state index in [4.69, 9.17) is 10.7 Å². The van der Waals surface area contributed by atoms with Gasteiger partial charge in [0, 0.05) is 0 Å². The molecule has 1 rings (SSSR count). The van der Waals surface area contributed by atoms with Crippen LogP contribution < -0.4 is 5.90 Å². The maximum atomic E-state index is 5.07. The molecule has 0 aromatic carbocycles. The SMILES string of the molecule is CC1C=C=C/C=C/C(ON)/C=C\1. The largest absolute Gasteiger partial charge is 0.293 e. The molecule has 0 amide bonds. The van der Waals surface area contributed by atoms with Crippen molar-refractivity contribution in [2.75, 3.05) is 0 Å². The standard InChI is InChI=1S/C10H13NO/c1-9-5-3-2-4-6-10(12-11)8-7-9/h2,4-10H,11H2,1H3/b6-4+,8-7-. The van der Waals surface area contributed by atoms with E-state index in [1.165, 1.54) is 0 Å². The first-order valence-electron chi connectivity index (χ1n) is 3.96. The zero-order valence-corrected chi connectivity index (χ0v) is 7.10. The molecule has 1 aliphatic carbocycles. The molecule has 0 heterocycles. The minimum Gasteiger partial charge on any atom is -0.293 e. The van der Waals surface area contributed by atoms with Gasteiger partial charge in [-0.05, 0) is 24.1 Å². The van der Waals surface area contributed by atoms with Crippen LogP contribution in [0.25, 0.3) is 0 Å². The van der Waals surface area contributed by atoms with Crippen LogP contribution >= 0.6 is 0 Å². The topological polar surface area (TPSA) is 35.2 Å². The Labute approximate surface area is 72.7 Å². The Morgan fingerprint density at radius 3 is 2.92 bits per heavy atom. The number of hydrogen-bond donors (Lipinski definition) is 1. The van der Waals surface area contributed by atoms with Crippen molar-refractivity contribution < 1.29 is 4.84 Å². The Bertz CT molecular complexity index is 247. The van der Waals surface area contributed by atoms with Crippen LogP contribution in [-0.2, 0) is 4.84 Å². The maximum Gasteiger partial charge on any atom is 0.115 e. The lowest BCUT2D eigenvalue weighted by atomic mass is 10.1. The highest BCUT2D eigenvalue weighted by atomic mass is 16.6. The first-order valence-corrected chi connectivity index (χ1v) is 3.96. The van der Waals surface area contributed by atoms with E-state index in [2.05, 4.69) is 12.7 Å². The molecule has 0 saturated heterocycles. The van der Waals surface area contributed by atoms with Gasteiger partial charge in [0.15, 0.2) is 0 Å². The Morgan fingerprint density at radius 1 is 1.33 bits per heavy atom. The molecule has 0 aliphatic heterocycles. The predicted octanol–water partition coefficient (Wildman–Crippen LogP) is 1.72. The summed E-state index contributed by atoms with van der Waals surface area (Å²) in [5.41, 5.74) is 3.04. The van der Waals surface area contributed by atoms with Gasteiger partial charge in [-0.3, -0.25) is 4.84 Å².